The molecule has 2 aromatic rings. The molecule has 0 aliphatic rings. The van der Waals surface area contributed by atoms with Crippen LogP contribution in [0, 0.1) is 0 Å². The van der Waals surface area contributed by atoms with E-state index in [2.05, 4.69) is 10.4 Å². The molecule has 6 heteroatoms. The molecule has 0 fully saturated rings. The van der Waals surface area contributed by atoms with Crippen LogP contribution in [0.3, 0.4) is 0 Å². The van der Waals surface area contributed by atoms with Crippen molar-refractivity contribution in [1.29, 1.82) is 0 Å². The Hall–Kier alpha value is -2.63. The van der Waals surface area contributed by atoms with Crippen LogP contribution in [0.2, 0.25) is 0 Å². The van der Waals surface area contributed by atoms with Crippen molar-refractivity contribution in [2.24, 2.45) is 0 Å². The smallest absolute Gasteiger partial charge is 0.337 e. The lowest BCUT2D eigenvalue weighted by molar-refractivity contribution is 0.0696. The van der Waals surface area contributed by atoms with Crippen molar-refractivity contribution in [2.45, 2.75) is 0 Å². The van der Waals surface area contributed by atoms with E-state index in [9.17, 15) is 9.59 Å². The topological polar surface area (TPSA) is 84.2 Å². The van der Waals surface area contributed by atoms with E-state index in [-0.39, 0.29) is 17.2 Å². The fourth-order valence-corrected chi connectivity index (χ4v) is 1.56. The SMILES string of the molecule is CNC(=O)c1ccn(-c2ccccc2C(=O)O)n1. The average Bonchev–Trinajstić information content (AvgIpc) is 2.87. The normalized spacial score (nSPS) is 10.1. The molecular formula is C12H11N3O3. The van der Waals surface area contributed by atoms with Crippen molar-refractivity contribution in [3.8, 4) is 5.69 Å². The minimum atomic E-state index is -1.04. The minimum absolute atomic E-state index is 0.129. The largest absolute Gasteiger partial charge is 0.478 e. The summed E-state index contributed by atoms with van der Waals surface area (Å²) >= 11 is 0. The molecule has 1 aromatic carbocycles. The quantitative estimate of drug-likeness (QED) is 0.842. The van der Waals surface area contributed by atoms with Gasteiger partial charge in [0.05, 0.1) is 11.3 Å². The number of nitrogens with one attached hydrogen (secondary N) is 1. The van der Waals surface area contributed by atoms with Crippen molar-refractivity contribution >= 4 is 11.9 Å². The monoisotopic (exact) mass is 245 g/mol. The zero-order valence-corrected chi connectivity index (χ0v) is 9.62. The Morgan fingerprint density at radius 2 is 2.00 bits per heavy atom. The van der Waals surface area contributed by atoms with Gasteiger partial charge in [-0.05, 0) is 18.2 Å². The summed E-state index contributed by atoms with van der Waals surface area (Å²) in [5, 5.41) is 15.6. The summed E-state index contributed by atoms with van der Waals surface area (Å²) in [7, 11) is 1.51. The van der Waals surface area contributed by atoms with E-state index in [0.717, 1.165) is 0 Å². The van der Waals surface area contributed by atoms with E-state index in [1.54, 1.807) is 24.4 Å². The molecule has 1 aromatic heterocycles. The molecule has 0 aliphatic carbocycles. The lowest BCUT2D eigenvalue weighted by Crippen LogP contribution is -2.18. The molecule has 1 amide bonds. The van der Waals surface area contributed by atoms with Crippen LogP contribution in [-0.2, 0) is 0 Å². The Morgan fingerprint density at radius 3 is 2.67 bits per heavy atom. The molecule has 0 spiro atoms. The van der Waals surface area contributed by atoms with Gasteiger partial charge in [0.25, 0.3) is 5.91 Å². The molecule has 0 aliphatic heterocycles. The number of benzene rings is 1. The summed E-state index contributed by atoms with van der Waals surface area (Å²) in [5.74, 6) is -1.36. The average molecular weight is 245 g/mol. The van der Waals surface area contributed by atoms with Gasteiger partial charge in [-0.25, -0.2) is 9.48 Å². The molecule has 0 saturated heterocycles. The summed E-state index contributed by atoms with van der Waals surface area (Å²) < 4.78 is 1.37. The van der Waals surface area contributed by atoms with E-state index >= 15 is 0 Å². The fourth-order valence-electron chi connectivity index (χ4n) is 1.56. The lowest BCUT2D eigenvalue weighted by atomic mass is 10.2. The van der Waals surface area contributed by atoms with Crippen LogP contribution in [0.5, 0.6) is 0 Å². The van der Waals surface area contributed by atoms with Crippen molar-refractivity contribution < 1.29 is 14.7 Å². The Labute approximate surface area is 103 Å². The fraction of sp³-hybridized carbons (Fsp3) is 0.0833. The molecule has 6 nitrogen and oxygen atoms in total. The van der Waals surface area contributed by atoms with Crippen molar-refractivity contribution in [3.05, 3.63) is 47.8 Å². The Kier molecular flexibility index (Phi) is 3.09. The summed E-state index contributed by atoms with van der Waals surface area (Å²) in [4.78, 5) is 22.4. The van der Waals surface area contributed by atoms with Gasteiger partial charge in [0.15, 0.2) is 5.69 Å². The number of carboxylic acids is 1. The molecule has 0 radical (unpaired) electrons. The maximum absolute atomic E-state index is 11.4. The molecule has 18 heavy (non-hydrogen) atoms. The number of aromatic carboxylic acids is 1. The molecule has 1 heterocycles. The highest BCUT2D eigenvalue weighted by Crippen LogP contribution is 2.14. The molecule has 2 N–H and O–H groups in total. The number of carbonyl (C=O) groups is 2. The molecule has 0 atom stereocenters. The summed E-state index contributed by atoms with van der Waals surface area (Å²) in [6.07, 6.45) is 1.55. The number of hydrogen-bond donors (Lipinski definition) is 2. The summed E-state index contributed by atoms with van der Waals surface area (Å²) in [5.41, 5.74) is 0.780. The van der Waals surface area contributed by atoms with Crippen LogP contribution in [0.15, 0.2) is 36.5 Å². The van der Waals surface area contributed by atoms with Crippen LogP contribution in [0.4, 0.5) is 0 Å². The Morgan fingerprint density at radius 1 is 1.28 bits per heavy atom. The van der Waals surface area contributed by atoms with Gasteiger partial charge in [0.2, 0.25) is 0 Å². The van der Waals surface area contributed by atoms with Gasteiger partial charge in [0.1, 0.15) is 0 Å². The number of carboxylic acid groups (broad SMARTS) is 1. The first kappa shape index (κ1) is 11.8. The number of carbonyl (C=O) groups excluding carboxylic acids is 1. The molecular weight excluding hydrogens is 234 g/mol. The van der Waals surface area contributed by atoms with Gasteiger partial charge in [0, 0.05) is 13.2 Å². The number of hydrogen-bond acceptors (Lipinski definition) is 3. The van der Waals surface area contributed by atoms with Gasteiger partial charge >= 0.3 is 5.97 Å². The van der Waals surface area contributed by atoms with Gasteiger partial charge in [-0.2, -0.15) is 5.10 Å². The Bertz CT molecular complexity index is 604. The highest BCUT2D eigenvalue weighted by atomic mass is 16.4. The third-order valence-corrected chi connectivity index (χ3v) is 2.43. The van der Waals surface area contributed by atoms with Crippen molar-refractivity contribution in [3.63, 3.8) is 0 Å². The zero-order valence-electron chi connectivity index (χ0n) is 9.62. The number of amides is 1. The standard InChI is InChI=1S/C12H11N3O3/c1-13-11(16)9-6-7-15(14-9)10-5-3-2-4-8(10)12(17)18/h2-7H,1H3,(H,13,16)(H,17,18). The summed E-state index contributed by atoms with van der Waals surface area (Å²) in [6.45, 7) is 0. The second-order valence-corrected chi connectivity index (χ2v) is 3.55. The first-order valence-corrected chi connectivity index (χ1v) is 5.24. The van der Waals surface area contributed by atoms with E-state index in [0.29, 0.717) is 5.69 Å². The Balaban J connectivity index is 2.46. The number of para-hydroxylation sites is 1. The van der Waals surface area contributed by atoms with Crippen LogP contribution >= 0.6 is 0 Å². The van der Waals surface area contributed by atoms with Gasteiger partial charge in [-0.1, -0.05) is 12.1 Å². The van der Waals surface area contributed by atoms with Gasteiger partial charge in [-0.3, -0.25) is 4.79 Å². The van der Waals surface area contributed by atoms with E-state index in [1.165, 1.54) is 23.9 Å². The summed E-state index contributed by atoms with van der Waals surface area (Å²) in [6, 6.07) is 7.99. The number of rotatable bonds is 3. The molecule has 92 valence electrons. The predicted molar refractivity (Wildman–Crippen MR) is 63.9 cm³/mol. The minimum Gasteiger partial charge on any atom is -0.478 e. The molecule has 2 rings (SSSR count). The first-order chi connectivity index (χ1) is 8.63. The first-order valence-electron chi connectivity index (χ1n) is 5.24. The maximum Gasteiger partial charge on any atom is 0.337 e. The predicted octanol–water partition coefficient (Wildman–Crippen LogP) is 0.930. The van der Waals surface area contributed by atoms with E-state index < -0.39 is 5.97 Å². The molecule has 0 bridgehead atoms. The number of nitrogens with zero attached hydrogens (tertiary/aromatic N) is 2. The second-order valence-electron chi connectivity index (χ2n) is 3.55. The van der Waals surface area contributed by atoms with Crippen LogP contribution in [0.1, 0.15) is 20.8 Å². The lowest BCUT2D eigenvalue weighted by Gasteiger charge is -2.05. The number of aromatic nitrogens is 2. The van der Waals surface area contributed by atoms with Crippen molar-refractivity contribution in [1.82, 2.24) is 15.1 Å². The van der Waals surface area contributed by atoms with E-state index in [4.69, 9.17) is 5.11 Å². The van der Waals surface area contributed by atoms with E-state index in [1.807, 2.05) is 0 Å². The van der Waals surface area contributed by atoms with Crippen LogP contribution in [-0.4, -0.2) is 33.8 Å². The highest BCUT2D eigenvalue weighted by Gasteiger charge is 2.13. The third-order valence-electron chi connectivity index (χ3n) is 2.43. The van der Waals surface area contributed by atoms with Gasteiger partial charge < -0.3 is 10.4 Å². The van der Waals surface area contributed by atoms with Crippen molar-refractivity contribution in [2.75, 3.05) is 7.05 Å². The maximum atomic E-state index is 11.4. The van der Waals surface area contributed by atoms with Crippen LogP contribution < -0.4 is 5.32 Å². The second kappa shape index (κ2) is 4.70. The zero-order chi connectivity index (χ0) is 13.1. The van der Waals surface area contributed by atoms with Crippen LogP contribution in [0.25, 0.3) is 5.69 Å². The van der Waals surface area contributed by atoms with Gasteiger partial charge in [-0.15, -0.1) is 0 Å². The molecule has 0 unspecified atom stereocenters. The highest BCUT2D eigenvalue weighted by molar-refractivity contribution is 5.93. The molecule has 0 saturated carbocycles. The third kappa shape index (κ3) is 2.08.